The molecule has 8 heteroatoms. The number of benzene rings is 2. The minimum absolute atomic E-state index is 0.398. The maximum absolute atomic E-state index is 12.4. The molecule has 2 aromatic carbocycles. The van der Waals surface area contributed by atoms with E-state index in [9.17, 15) is 9.59 Å². The van der Waals surface area contributed by atoms with Crippen molar-refractivity contribution in [2.45, 2.75) is 12.6 Å². The van der Waals surface area contributed by atoms with Crippen molar-refractivity contribution >= 4 is 11.9 Å². The number of ether oxygens (including phenoxy) is 3. The second-order valence-corrected chi connectivity index (χ2v) is 5.70. The molecule has 0 unspecified atom stereocenters. The van der Waals surface area contributed by atoms with Crippen LogP contribution in [-0.2, 0) is 11.3 Å². The van der Waals surface area contributed by atoms with Crippen LogP contribution >= 0.6 is 0 Å². The number of methoxy groups -OCH3 is 3. The highest BCUT2D eigenvalue weighted by Gasteiger charge is 2.26. The summed E-state index contributed by atoms with van der Waals surface area (Å²) in [6, 6.07) is 11.1. The van der Waals surface area contributed by atoms with Gasteiger partial charge < -0.3 is 25.3 Å². The summed E-state index contributed by atoms with van der Waals surface area (Å²) in [4.78, 5) is 23.5. The van der Waals surface area contributed by atoms with Crippen molar-refractivity contribution in [3.63, 3.8) is 0 Å². The molecule has 0 aromatic heterocycles. The first-order chi connectivity index (χ1) is 13.0. The van der Waals surface area contributed by atoms with Crippen molar-refractivity contribution in [1.29, 1.82) is 0 Å². The number of hydrogen-bond donors (Lipinski definition) is 3. The van der Waals surface area contributed by atoms with Crippen molar-refractivity contribution in [3.8, 4) is 17.2 Å². The molecule has 2 rings (SSSR count). The number of urea groups is 1. The number of primary amides is 1. The second kappa shape index (κ2) is 9.44. The van der Waals surface area contributed by atoms with Gasteiger partial charge in [0.05, 0.1) is 26.9 Å². The lowest BCUT2D eigenvalue weighted by molar-refractivity contribution is -0.698. The molecule has 8 nitrogen and oxygen atoms in total. The van der Waals surface area contributed by atoms with Gasteiger partial charge in [-0.05, 0) is 6.07 Å². The minimum atomic E-state index is -0.891. The van der Waals surface area contributed by atoms with Crippen LogP contribution in [0.4, 0.5) is 4.79 Å². The van der Waals surface area contributed by atoms with Gasteiger partial charge in [0.1, 0.15) is 12.3 Å². The molecule has 0 aliphatic heterocycles. The zero-order valence-electron chi connectivity index (χ0n) is 15.5. The Hall–Kier alpha value is -3.26. The van der Waals surface area contributed by atoms with Crippen molar-refractivity contribution in [1.82, 2.24) is 5.32 Å². The molecule has 0 aliphatic rings. The zero-order chi connectivity index (χ0) is 19.8. The fraction of sp³-hybridized carbons (Fsp3) is 0.263. The average Bonchev–Trinajstić information content (AvgIpc) is 2.67. The molecule has 0 fully saturated rings. The van der Waals surface area contributed by atoms with E-state index < -0.39 is 18.0 Å². The van der Waals surface area contributed by atoms with E-state index >= 15 is 0 Å². The molecule has 3 amide bonds. The quantitative estimate of drug-likeness (QED) is 0.629. The normalized spacial score (nSPS) is 11.4. The standard InChI is InChI=1S/C19H23N3O5/c1-25-14-10-16(27-3)15(26-2)9-13(14)11-21-17(18(23)22-19(20)24)12-7-5-4-6-8-12/h4-10,17,21H,11H2,1-3H3,(H3,20,22,23,24)/p+1/t17-/m0/s1. The summed E-state index contributed by atoms with van der Waals surface area (Å²) in [5.74, 6) is 1.21. The summed E-state index contributed by atoms with van der Waals surface area (Å²) in [5.41, 5.74) is 6.65. The number of hydrogen-bond acceptors (Lipinski definition) is 5. The van der Waals surface area contributed by atoms with Gasteiger partial charge in [-0.1, -0.05) is 30.3 Å². The summed E-state index contributed by atoms with van der Waals surface area (Å²) in [5, 5.41) is 3.93. The molecule has 5 N–H and O–H groups in total. The number of rotatable bonds is 8. The van der Waals surface area contributed by atoms with Gasteiger partial charge in [0.15, 0.2) is 17.5 Å². The molecule has 0 aliphatic carbocycles. The van der Waals surface area contributed by atoms with E-state index in [1.54, 1.807) is 38.8 Å². The Morgan fingerprint density at radius 2 is 1.59 bits per heavy atom. The first kappa shape index (κ1) is 20.1. The number of carbonyl (C=O) groups excluding carboxylic acids is 2. The van der Waals surface area contributed by atoms with Gasteiger partial charge in [-0.15, -0.1) is 0 Å². The number of nitrogens with one attached hydrogen (secondary N) is 1. The number of nitrogens with two attached hydrogens (primary N) is 2. The molecule has 27 heavy (non-hydrogen) atoms. The lowest BCUT2D eigenvalue weighted by Gasteiger charge is -2.17. The maximum atomic E-state index is 12.4. The first-order valence-electron chi connectivity index (χ1n) is 8.27. The first-order valence-corrected chi connectivity index (χ1v) is 8.27. The molecule has 144 valence electrons. The van der Waals surface area contributed by atoms with E-state index in [0.29, 0.717) is 23.8 Å². The molecule has 0 radical (unpaired) electrons. The van der Waals surface area contributed by atoms with Gasteiger partial charge in [-0.25, -0.2) is 4.79 Å². The largest absolute Gasteiger partial charge is 0.496 e. The third-order valence-corrected chi connectivity index (χ3v) is 4.05. The van der Waals surface area contributed by atoms with E-state index in [2.05, 4.69) is 5.32 Å². The van der Waals surface area contributed by atoms with Crippen LogP contribution in [0.2, 0.25) is 0 Å². The van der Waals surface area contributed by atoms with E-state index in [1.165, 1.54) is 0 Å². The minimum Gasteiger partial charge on any atom is -0.496 e. The van der Waals surface area contributed by atoms with E-state index in [0.717, 1.165) is 11.1 Å². The molecule has 0 heterocycles. The number of imide groups is 1. The van der Waals surface area contributed by atoms with E-state index in [1.807, 2.05) is 30.3 Å². The fourth-order valence-corrected chi connectivity index (χ4v) is 2.75. The van der Waals surface area contributed by atoms with Crippen molar-refractivity contribution in [2.75, 3.05) is 21.3 Å². The zero-order valence-corrected chi connectivity index (χ0v) is 15.5. The van der Waals surface area contributed by atoms with Crippen LogP contribution in [0, 0.1) is 0 Å². The molecule has 0 bridgehead atoms. The summed E-state index contributed by atoms with van der Waals surface area (Å²) >= 11 is 0. The predicted octanol–water partition coefficient (Wildman–Crippen LogP) is 0.712. The molecule has 2 aromatic rings. The molecule has 0 spiro atoms. The molecular formula is C19H24N3O5+. The second-order valence-electron chi connectivity index (χ2n) is 5.70. The molecule has 1 atom stereocenters. The van der Waals surface area contributed by atoms with Gasteiger partial charge in [-0.3, -0.25) is 10.1 Å². The Kier molecular flexibility index (Phi) is 7.01. The SMILES string of the molecule is COc1cc(OC)c(OC)cc1C[NH2+][C@H](C(=O)NC(N)=O)c1ccccc1. The Morgan fingerprint density at radius 3 is 2.15 bits per heavy atom. The molecule has 0 saturated carbocycles. The molecule has 0 saturated heterocycles. The van der Waals surface area contributed by atoms with E-state index in [-0.39, 0.29) is 0 Å². The highest BCUT2D eigenvalue weighted by Crippen LogP contribution is 2.34. The monoisotopic (exact) mass is 374 g/mol. The smallest absolute Gasteiger partial charge is 0.319 e. The lowest BCUT2D eigenvalue weighted by Crippen LogP contribution is -2.86. The van der Waals surface area contributed by atoms with Crippen LogP contribution < -0.4 is 30.6 Å². The van der Waals surface area contributed by atoms with Gasteiger partial charge in [0.2, 0.25) is 0 Å². The number of amides is 3. The maximum Gasteiger partial charge on any atom is 0.319 e. The van der Waals surface area contributed by atoms with Crippen LogP contribution in [0.25, 0.3) is 0 Å². The summed E-state index contributed by atoms with van der Waals surface area (Å²) in [6.45, 7) is 0.398. The van der Waals surface area contributed by atoms with E-state index in [4.69, 9.17) is 19.9 Å². The fourth-order valence-electron chi connectivity index (χ4n) is 2.75. The Balaban J connectivity index is 2.28. The van der Waals surface area contributed by atoms with Gasteiger partial charge in [0, 0.05) is 11.6 Å². The molecular weight excluding hydrogens is 350 g/mol. The third kappa shape index (κ3) is 5.11. The van der Waals surface area contributed by atoms with Crippen LogP contribution in [0.15, 0.2) is 42.5 Å². The van der Waals surface area contributed by atoms with Crippen molar-refractivity contribution in [3.05, 3.63) is 53.6 Å². The highest BCUT2D eigenvalue weighted by molar-refractivity contribution is 5.96. The third-order valence-electron chi connectivity index (χ3n) is 4.05. The van der Waals surface area contributed by atoms with Crippen molar-refractivity contribution < 1.29 is 29.1 Å². The number of quaternary nitrogens is 1. The van der Waals surface area contributed by atoms with Crippen LogP contribution in [0.3, 0.4) is 0 Å². The van der Waals surface area contributed by atoms with Gasteiger partial charge in [0.25, 0.3) is 5.91 Å². The Bertz CT molecular complexity index is 795. The number of carbonyl (C=O) groups is 2. The van der Waals surface area contributed by atoms with Crippen LogP contribution in [0.5, 0.6) is 17.2 Å². The summed E-state index contributed by atoms with van der Waals surface area (Å²) in [6.07, 6.45) is 0. The highest BCUT2D eigenvalue weighted by atomic mass is 16.5. The summed E-state index contributed by atoms with van der Waals surface area (Å²) < 4.78 is 16.0. The Morgan fingerprint density at radius 1 is 1.00 bits per heavy atom. The lowest BCUT2D eigenvalue weighted by atomic mass is 10.1. The van der Waals surface area contributed by atoms with Gasteiger partial charge in [-0.2, -0.15) is 0 Å². The topological polar surface area (TPSA) is 116 Å². The van der Waals surface area contributed by atoms with Crippen LogP contribution in [0.1, 0.15) is 17.2 Å². The van der Waals surface area contributed by atoms with Gasteiger partial charge >= 0.3 is 6.03 Å². The summed E-state index contributed by atoms with van der Waals surface area (Å²) in [7, 11) is 4.65. The predicted molar refractivity (Wildman–Crippen MR) is 98.6 cm³/mol. The van der Waals surface area contributed by atoms with Crippen LogP contribution in [-0.4, -0.2) is 33.3 Å². The van der Waals surface area contributed by atoms with Crippen molar-refractivity contribution in [2.24, 2.45) is 5.73 Å². The Labute approximate surface area is 157 Å². The average molecular weight is 374 g/mol.